The Morgan fingerprint density at radius 1 is 1.19 bits per heavy atom. The number of carbonyl (C=O) groups excluding carboxylic acids is 2. The molecular formula is C22H29N5O4. The fourth-order valence-corrected chi connectivity index (χ4v) is 4.13. The molecule has 1 aromatic carbocycles. The van der Waals surface area contributed by atoms with E-state index in [-0.39, 0.29) is 17.6 Å². The number of likely N-dealkylation sites (tertiary alicyclic amines) is 1. The van der Waals surface area contributed by atoms with Gasteiger partial charge in [0.1, 0.15) is 11.6 Å². The Bertz CT molecular complexity index is 920. The summed E-state index contributed by atoms with van der Waals surface area (Å²) in [7, 11) is 1.60. The number of amides is 1. The molecule has 2 aromatic rings. The van der Waals surface area contributed by atoms with E-state index in [1.54, 1.807) is 16.7 Å². The molecule has 0 saturated carbocycles. The fourth-order valence-electron chi connectivity index (χ4n) is 4.13. The molecule has 0 radical (unpaired) electrons. The maximum atomic E-state index is 13.1. The van der Waals surface area contributed by atoms with E-state index in [0.717, 1.165) is 44.3 Å². The van der Waals surface area contributed by atoms with Gasteiger partial charge in [0.15, 0.2) is 5.78 Å². The molecular weight excluding hydrogens is 398 g/mol. The van der Waals surface area contributed by atoms with Crippen LogP contribution in [0.5, 0.6) is 5.75 Å². The second-order valence-electron chi connectivity index (χ2n) is 7.95. The summed E-state index contributed by atoms with van der Waals surface area (Å²) in [6, 6.07) is 7.30. The van der Waals surface area contributed by atoms with Crippen molar-refractivity contribution in [1.29, 1.82) is 0 Å². The Morgan fingerprint density at radius 3 is 2.65 bits per heavy atom. The Balaban J connectivity index is 1.35. The molecule has 166 valence electrons. The molecule has 2 saturated heterocycles. The van der Waals surface area contributed by atoms with Crippen molar-refractivity contribution in [3.63, 3.8) is 0 Å². The maximum Gasteiger partial charge on any atom is 0.223 e. The minimum Gasteiger partial charge on any atom is -0.497 e. The van der Waals surface area contributed by atoms with Gasteiger partial charge >= 0.3 is 0 Å². The molecule has 31 heavy (non-hydrogen) atoms. The average molecular weight is 428 g/mol. The van der Waals surface area contributed by atoms with Crippen LogP contribution in [-0.2, 0) is 9.53 Å². The number of hydrogen-bond donors (Lipinski definition) is 1. The number of hydrogen-bond acceptors (Lipinski definition) is 7. The predicted octanol–water partition coefficient (Wildman–Crippen LogP) is 1.22. The van der Waals surface area contributed by atoms with E-state index in [1.807, 2.05) is 24.3 Å². The van der Waals surface area contributed by atoms with Gasteiger partial charge < -0.3 is 20.1 Å². The van der Waals surface area contributed by atoms with Gasteiger partial charge in [-0.05, 0) is 30.7 Å². The Hall–Kier alpha value is -2.91. The lowest BCUT2D eigenvalue weighted by Gasteiger charge is -2.27. The van der Waals surface area contributed by atoms with Crippen LogP contribution >= 0.6 is 0 Å². The molecule has 1 aromatic heterocycles. The topological polar surface area (TPSA) is 103 Å². The summed E-state index contributed by atoms with van der Waals surface area (Å²) >= 11 is 0. The quantitative estimate of drug-likeness (QED) is 0.663. The molecule has 9 nitrogen and oxygen atoms in total. The Kier molecular flexibility index (Phi) is 6.53. The van der Waals surface area contributed by atoms with Crippen molar-refractivity contribution in [3.05, 3.63) is 36.0 Å². The van der Waals surface area contributed by atoms with Gasteiger partial charge in [-0.3, -0.25) is 14.5 Å². The van der Waals surface area contributed by atoms with Crippen LogP contribution in [0.4, 0.5) is 5.82 Å². The van der Waals surface area contributed by atoms with Crippen LogP contribution in [0, 0.1) is 5.92 Å². The van der Waals surface area contributed by atoms with Gasteiger partial charge in [-0.1, -0.05) is 0 Å². The van der Waals surface area contributed by atoms with Gasteiger partial charge in [-0.15, -0.1) is 0 Å². The number of carbonyl (C=O) groups is 2. The molecule has 0 aliphatic carbocycles. The van der Waals surface area contributed by atoms with Gasteiger partial charge in [0.05, 0.1) is 37.8 Å². The number of aromatic nitrogens is 2. The lowest BCUT2D eigenvalue weighted by molar-refractivity contribution is -0.130. The van der Waals surface area contributed by atoms with E-state index >= 15 is 0 Å². The van der Waals surface area contributed by atoms with Crippen LogP contribution in [0.15, 0.2) is 30.5 Å². The van der Waals surface area contributed by atoms with Crippen molar-refractivity contribution in [1.82, 2.24) is 19.6 Å². The molecule has 2 aliphatic heterocycles. The van der Waals surface area contributed by atoms with E-state index in [0.29, 0.717) is 37.3 Å². The number of morpholine rings is 1. The highest BCUT2D eigenvalue weighted by Crippen LogP contribution is 2.26. The number of anilines is 1. The number of Topliss-reactive ketones (excluding diaryl/α,β-unsaturated/α-hetero) is 1. The third-order valence-electron chi connectivity index (χ3n) is 6.05. The van der Waals surface area contributed by atoms with Crippen molar-refractivity contribution in [2.75, 3.05) is 58.8 Å². The smallest absolute Gasteiger partial charge is 0.223 e. The third kappa shape index (κ3) is 4.72. The molecule has 2 N–H and O–H groups in total. The van der Waals surface area contributed by atoms with E-state index in [9.17, 15) is 9.59 Å². The van der Waals surface area contributed by atoms with E-state index in [2.05, 4.69) is 10.00 Å². The molecule has 1 atom stereocenters. The Morgan fingerprint density at radius 2 is 1.94 bits per heavy atom. The zero-order valence-corrected chi connectivity index (χ0v) is 17.8. The van der Waals surface area contributed by atoms with Crippen molar-refractivity contribution >= 4 is 17.5 Å². The van der Waals surface area contributed by atoms with Crippen LogP contribution in [0.1, 0.15) is 23.2 Å². The van der Waals surface area contributed by atoms with Crippen molar-refractivity contribution < 1.29 is 19.1 Å². The van der Waals surface area contributed by atoms with Crippen molar-refractivity contribution in [2.24, 2.45) is 5.92 Å². The van der Waals surface area contributed by atoms with Gasteiger partial charge in [0.2, 0.25) is 5.91 Å². The van der Waals surface area contributed by atoms with Crippen LogP contribution in [0.3, 0.4) is 0 Å². The summed E-state index contributed by atoms with van der Waals surface area (Å²) in [5.41, 5.74) is 7.41. The SMILES string of the molecule is COc1ccc(-n2ncc(C(=O)[C@@H]3CCN(C(=O)CCN4CCOCC4)C3)c2N)cc1. The normalized spacial score (nSPS) is 19.5. The number of ether oxygens (including phenoxy) is 2. The number of nitrogens with two attached hydrogens (primary N) is 1. The first-order chi connectivity index (χ1) is 15.1. The number of methoxy groups -OCH3 is 1. The van der Waals surface area contributed by atoms with E-state index < -0.39 is 0 Å². The summed E-state index contributed by atoms with van der Waals surface area (Å²) in [5, 5.41) is 4.30. The van der Waals surface area contributed by atoms with E-state index in [1.165, 1.54) is 6.20 Å². The number of nitrogen functional groups attached to an aromatic ring is 1. The molecule has 3 heterocycles. The van der Waals surface area contributed by atoms with Crippen LogP contribution in [0.2, 0.25) is 0 Å². The number of nitrogens with zero attached hydrogens (tertiary/aromatic N) is 4. The largest absolute Gasteiger partial charge is 0.497 e. The highest BCUT2D eigenvalue weighted by molar-refractivity contribution is 6.02. The summed E-state index contributed by atoms with van der Waals surface area (Å²) < 4.78 is 12.1. The Labute approximate surface area is 181 Å². The van der Waals surface area contributed by atoms with Gasteiger partial charge in [-0.25, -0.2) is 4.68 Å². The lowest BCUT2D eigenvalue weighted by Crippen LogP contribution is -2.39. The lowest BCUT2D eigenvalue weighted by atomic mass is 9.98. The second kappa shape index (κ2) is 9.49. The summed E-state index contributed by atoms with van der Waals surface area (Å²) in [5.74, 6) is 0.843. The molecule has 0 bridgehead atoms. The highest BCUT2D eigenvalue weighted by atomic mass is 16.5. The average Bonchev–Trinajstić information content (AvgIpc) is 3.45. The zero-order chi connectivity index (χ0) is 21.8. The third-order valence-corrected chi connectivity index (χ3v) is 6.05. The summed E-state index contributed by atoms with van der Waals surface area (Å²) in [4.78, 5) is 29.7. The molecule has 0 spiro atoms. The number of benzene rings is 1. The second-order valence-corrected chi connectivity index (χ2v) is 7.95. The first-order valence-electron chi connectivity index (χ1n) is 10.7. The van der Waals surface area contributed by atoms with Crippen molar-refractivity contribution in [3.8, 4) is 11.4 Å². The molecule has 9 heteroatoms. The minimum atomic E-state index is -0.247. The molecule has 1 amide bonds. The van der Waals surface area contributed by atoms with Gasteiger partial charge in [-0.2, -0.15) is 5.10 Å². The highest BCUT2D eigenvalue weighted by Gasteiger charge is 2.33. The molecule has 2 fully saturated rings. The summed E-state index contributed by atoms with van der Waals surface area (Å²) in [6.45, 7) is 4.95. The zero-order valence-electron chi connectivity index (χ0n) is 17.8. The van der Waals surface area contributed by atoms with Crippen LogP contribution in [-0.4, -0.2) is 84.3 Å². The van der Waals surface area contributed by atoms with E-state index in [4.69, 9.17) is 15.2 Å². The van der Waals surface area contributed by atoms with Gasteiger partial charge in [0.25, 0.3) is 0 Å². The molecule has 0 unspecified atom stereocenters. The molecule has 4 rings (SSSR count). The number of rotatable bonds is 7. The maximum absolute atomic E-state index is 13.1. The minimum absolute atomic E-state index is 0.0549. The first kappa shape index (κ1) is 21.3. The first-order valence-corrected chi connectivity index (χ1v) is 10.7. The van der Waals surface area contributed by atoms with Crippen LogP contribution in [0.25, 0.3) is 5.69 Å². The predicted molar refractivity (Wildman–Crippen MR) is 115 cm³/mol. The van der Waals surface area contributed by atoms with Crippen LogP contribution < -0.4 is 10.5 Å². The van der Waals surface area contributed by atoms with Crippen molar-refractivity contribution in [2.45, 2.75) is 12.8 Å². The fraction of sp³-hybridized carbons (Fsp3) is 0.500. The van der Waals surface area contributed by atoms with Gasteiger partial charge in [0, 0.05) is 45.1 Å². The monoisotopic (exact) mass is 427 g/mol. The number of ketones is 1. The standard InChI is InChI=1S/C22H29N5O4/c1-30-18-4-2-17(3-5-18)27-22(23)19(14-24-27)21(29)16-6-9-26(15-16)20(28)7-8-25-10-12-31-13-11-25/h2-5,14,16H,6-13,15,23H2,1H3/t16-/m1/s1. The molecule has 2 aliphatic rings. The summed E-state index contributed by atoms with van der Waals surface area (Å²) in [6.07, 6.45) is 2.64.